The molecule has 3 heteroatoms. The lowest BCUT2D eigenvalue weighted by molar-refractivity contribution is -0.0529. The lowest BCUT2D eigenvalue weighted by Gasteiger charge is -2.58. The van der Waals surface area contributed by atoms with E-state index in [1.807, 2.05) is 29.8 Å². The highest BCUT2D eigenvalue weighted by atomic mass is 127. The Morgan fingerprint density at radius 3 is 2.27 bits per heavy atom. The molecule has 0 amide bonds. The molecule has 4 fully saturated rings. The number of esters is 1. The second-order valence-corrected chi connectivity index (χ2v) is 17.2. The number of fused-ring (bicyclic) bond motifs is 5. The molecular weight excluding hydrogens is 603 g/mol. The summed E-state index contributed by atoms with van der Waals surface area (Å²) in [6, 6.07) is 7.78. The van der Waals surface area contributed by atoms with Crippen LogP contribution in [0.1, 0.15) is 117 Å². The monoisotopic (exact) mass is 656 g/mol. The van der Waals surface area contributed by atoms with E-state index in [9.17, 15) is 4.79 Å². The summed E-state index contributed by atoms with van der Waals surface area (Å²) in [6.07, 6.45) is 14.3. The summed E-state index contributed by atoms with van der Waals surface area (Å²) in [5.74, 6) is 6.27. The van der Waals surface area contributed by atoms with E-state index < -0.39 is 0 Å². The molecule has 4 saturated carbocycles. The molecule has 0 spiro atoms. The highest BCUT2D eigenvalue weighted by Crippen LogP contribution is 2.71. The van der Waals surface area contributed by atoms with Crippen molar-refractivity contribution in [2.75, 3.05) is 0 Å². The van der Waals surface area contributed by atoms with Crippen molar-refractivity contribution in [1.29, 1.82) is 0 Å². The van der Waals surface area contributed by atoms with E-state index in [0.717, 1.165) is 57.8 Å². The van der Waals surface area contributed by atoms with Crippen molar-refractivity contribution in [2.45, 2.75) is 112 Å². The van der Waals surface area contributed by atoms with Gasteiger partial charge < -0.3 is 4.74 Å². The maximum absolute atomic E-state index is 12.9. The fraction of sp³-hybridized carbons (Fsp3) is 0.757. The Hall–Kier alpha value is -0.840. The zero-order valence-corrected chi connectivity index (χ0v) is 28.3. The largest absolute Gasteiger partial charge is 0.459 e. The second-order valence-electron chi connectivity index (χ2n) is 16.0. The molecule has 0 bridgehead atoms. The molecule has 0 heterocycles. The third-order valence-electron chi connectivity index (χ3n) is 14.1. The average Bonchev–Trinajstić information content (AvgIpc) is 3.49. The van der Waals surface area contributed by atoms with Crippen molar-refractivity contribution in [3.05, 3.63) is 45.0 Å². The molecule has 0 aromatic heterocycles. The lowest BCUT2D eigenvalue weighted by atomic mass is 9.47. The van der Waals surface area contributed by atoms with Gasteiger partial charge in [0.1, 0.15) is 6.10 Å². The summed E-state index contributed by atoms with van der Waals surface area (Å²) in [4.78, 5) is 12.9. The highest BCUT2D eigenvalue weighted by molar-refractivity contribution is 14.1. The predicted molar refractivity (Wildman–Crippen MR) is 173 cm³/mol. The number of allylic oxidation sites excluding steroid dienone is 2. The highest BCUT2D eigenvalue weighted by Gasteiger charge is 2.63. The average molecular weight is 657 g/mol. The van der Waals surface area contributed by atoms with E-state index in [1.165, 1.54) is 44.9 Å². The van der Waals surface area contributed by atoms with E-state index >= 15 is 0 Å². The molecule has 0 radical (unpaired) electrons. The van der Waals surface area contributed by atoms with Crippen molar-refractivity contribution in [3.8, 4) is 0 Å². The minimum absolute atomic E-state index is 0.0615. The first-order valence-corrected chi connectivity index (χ1v) is 17.6. The second kappa shape index (κ2) is 10.4. The normalized spacial score (nSPS) is 43.7. The Kier molecular flexibility index (Phi) is 7.61. The summed E-state index contributed by atoms with van der Waals surface area (Å²) in [5.41, 5.74) is 3.94. The van der Waals surface area contributed by atoms with Crippen molar-refractivity contribution in [2.24, 2.45) is 63.6 Å². The third-order valence-corrected chi connectivity index (χ3v) is 14.8. The van der Waals surface area contributed by atoms with Crippen molar-refractivity contribution in [1.82, 2.24) is 0 Å². The van der Waals surface area contributed by atoms with Gasteiger partial charge in [-0.05, 0) is 168 Å². The predicted octanol–water partition coefficient (Wildman–Crippen LogP) is 10.3. The Morgan fingerprint density at radius 2 is 1.57 bits per heavy atom. The third kappa shape index (κ3) is 4.66. The maximum atomic E-state index is 12.9. The van der Waals surface area contributed by atoms with Gasteiger partial charge in [0.05, 0.1) is 5.56 Å². The minimum atomic E-state index is -0.147. The van der Waals surface area contributed by atoms with Crippen molar-refractivity contribution >= 4 is 28.6 Å². The van der Waals surface area contributed by atoms with Crippen LogP contribution in [0.2, 0.25) is 0 Å². The lowest BCUT2D eigenvalue weighted by Crippen LogP contribution is -2.50. The van der Waals surface area contributed by atoms with Gasteiger partial charge in [0.15, 0.2) is 0 Å². The summed E-state index contributed by atoms with van der Waals surface area (Å²) < 4.78 is 7.23. The number of hydrogen-bond donors (Lipinski definition) is 0. The number of carbonyl (C=O) groups excluding carboxylic acids is 1. The molecule has 40 heavy (non-hydrogen) atoms. The zero-order chi connectivity index (χ0) is 28.6. The van der Waals surface area contributed by atoms with E-state index in [4.69, 9.17) is 4.74 Å². The van der Waals surface area contributed by atoms with Crippen LogP contribution in [0.15, 0.2) is 35.9 Å². The topological polar surface area (TPSA) is 26.3 Å². The van der Waals surface area contributed by atoms with E-state index in [0.29, 0.717) is 27.7 Å². The van der Waals surface area contributed by atoms with Gasteiger partial charge in [-0.1, -0.05) is 60.1 Å². The van der Waals surface area contributed by atoms with E-state index in [-0.39, 0.29) is 12.1 Å². The SMILES string of the molecule is CC(C)C(C)[C@@]1(C)C[C@@H]1[C@@H](C)[C@H]1CC[C@H]2C3=CCC4CC(OC(=O)c5ccc(I)cc5)CC[C@]4(C)[C@H]3CC[C@]12C. The summed E-state index contributed by atoms with van der Waals surface area (Å²) in [7, 11) is 0. The van der Waals surface area contributed by atoms with Gasteiger partial charge in [-0.15, -0.1) is 0 Å². The van der Waals surface area contributed by atoms with Gasteiger partial charge in [-0.25, -0.2) is 4.79 Å². The zero-order valence-electron chi connectivity index (χ0n) is 26.1. The maximum Gasteiger partial charge on any atom is 0.338 e. The summed E-state index contributed by atoms with van der Waals surface area (Å²) >= 11 is 2.28. The van der Waals surface area contributed by atoms with Crippen LogP contribution in [0, 0.1) is 67.2 Å². The van der Waals surface area contributed by atoms with Gasteiger partial charge >= 0.3 is 5.97 Å². The Labute approximate surface area is 258 Å². The fourth-order valence-corrected chi connectivity index (χ4v) is 11.4. The number of rotatable bonds is 6. The van der Waals surface area contributed by atoms with Gasteiger partial charge in [0.25, 0.3) is 0 Å². The van der Waals surface area contributed by atoms with Gasteiger partial charge in [-0.3, -0.25) is 0 Å². The molecular formula is C37H53IO2. The Balaban J connectivity index is 1.14. The number of halogens is 1. The number of hydrogen-bond acceptors (Lipinski definition) is 2. The quantitative estimate of drug-likeness (QED) is 0.173. The molecule has 6 rings (SSSR count). The Morgan fingerprint density at radius 1 is 0.900 bits per heavy atom. The van der Waals surface area contributed by atoms with E-state index in [1.54, 1.807) is 0 Å². The molecule has 0 aliphatic heterocycles. The van der Waals surface area contributed by atoms with Crippen LogP contribution < -0.4 is 0 Å². The molecule has 11 atom stereocenters. The fourth-order valence-electron chi connectivity index (χ4n) is 11.1. The first kappa shape index (κ1) is 29.2. The van der Waals surface area contributed by atoms with Crippen LogP contribution >= 0.6 is 22.6 Å². The Bertz CT molecular complexity index is 1150. The van der Waals surface area contributed by atoms with Crippen LogP contribution in [0.25, 0.3) is 0 Å². The molecule has 220 valence electrons. The molecule has 1 aromatic carbocycles. The minimum Gasteiger partial charge on any atom is -0.459 e. The number of benzene rings is 1. The van der Waals surface area contributed by atoms with Crippen molar-refractivity contribution in [3.63, 3.8) is 0 Å². The van der Waals surface area contributed by atoms with Crippen molar-refractivity contribution < 1.29 is 9.53 Å². The molecule has 5 aliphatic rings. The molecule has 5 aliphatic carbocycles. The first-order chi connectivity index (χ1) is 18.9. The molecule has 1 aromatic rings. The van der Waals surface area contributed by atoms with Crippen LogP contribution in [-0.4, -0.2) is 12.1 Å². The van der Waals surface area contributed by atoms with Gasteiger partial charge in [0.2, 0.25) is 0 Å². The molecule has 0 N–H and O–H groups in total. The van der Waals surface area contributed by atoms with Crippen LogP contribution in [0.3, 0.4) is 0 Å². The van der Waals surface area contributed by atoms with Crippen LogP contribution in [0.4, 0.5) is 0 Å². The standard InChI is InChI=1S/C37H53IO2/c1-22(2)24(4)37(7)21-33(37)23(3)30-14-15-31-29-13-10-26-20-28(40-34(39)25-8-11-27(38)12-9-25)16-18-35(26,5)32(29)17-19-36(30,31)6/h8-9,11-13,22-24,26,28,30-33H,10,14-21H2,1-7H3/t23-,24?,26?,28?,30+,31-,32-,33+,35-,36+,37+/m0/s1. The summed E-state index contributed by atoms with van der Waals surface area (Å²) in [6.45, 7) is 17.9. The van der Waals surface area contributed by atoms with Crippen LogP contribution in [0.5, 0.6) is 0 Å². The number of ether oxygens (including phenoxy) is 1. The smallest absolute Gasteiger partial charge is 0.338 e. The van der Waals surface area contributed by atoms with Crippen LogP contribution in [-0.2, 0) is 4.74 Å². The van der Waals surface area contributed by atoms with Gasteiger partial charge in [-0.2, -0.15) is 0 Å². The first-order valence-electron chi connectivity index (χ1n) is 16.5. The summed E-state index contributed by atoms with van der Waals surface area (Å²) in [5, 5.41) is 0. The molecule has 2 nitrogen and oxygen atoms in total. The van der Waals surface area contributed by atoms with Gasteiger partial charge in [0, 0.05) is 3.57 Å². The van der Waals surface area contributed by atoms with E-state index in [2.05, 4.69) is 77.1 Å². The number of carbonyl (C=O) groups is 1. The molecule has 0 saturated heterocycles. The molecule has 3 unspecified atom stereocenters.